The summed E-state index contributed by atoms with van der Waals surface area (Å²) in [6.07, 6.45) is 0.512. The van der Waals surface area contributed by atoms with Crippen molar-refractivity contribution in [1.82, 2.24) is 9.99 Å². The van der Waals surface area contributed by atoms with Gasteiger partial charge in [0.25, 0.3) is 0 Å². The molecule has 0 fully saturated rings. The molecular weight excluding hydrogens is 478 g/mol. The zero-order chi connectivity index (χ0) is 27.0. The average Bonchev–Trinajstić information content (AvgIpc) is 3.37. The third-order valence-corrected chi connectivity index (χ3v) is 7.01. The molecule has 1 aromatic heterocycles. The summed E-state index contributed by atoms with van der Waals surface area (Å²) >= 11 is 0. The van der Waals surface area contributed by atoms with Crippen LogP contribution in [0.3, 0.4) is 0 Å². The van der Waals surface area contributed by atoms with Crippen molar-refractivity contribution in [2.24, 2.45) is 5.10 Å². The predicted octanol–water partition coefficient (Wildman–Crippen LogP) is 6.24. The Kier molecular flexibility index (Phi) is 6.76. The van der Waals surface area contributed by atoms with Crippen molar-refractivity contribution < 1.29 is 19.0 Å². The predicted molar refractivity (Wildman–Crippen MR) is 149 cm³/mol. The molecule has 1 atom stereocenters. The number of aryl methyl sites for hydroxylation is 2. The maximum absolute atomic E-state index is 12.8. The number of aromatic nitrogens is 1. The smallest absolute Gasteiger partial charge is 0.240 e. The van der Waals surface area contributed by atoms with Crippen molar-refractivity contribution in [3.05, 3.63) is 83.0 Å². The minimum absolute atomic E-state index is 0.151. The molecule has 7 heteroatoms. The molecule has 7 nitrogen and oxygen atoms in total. The Balaban J connectivity index is 1.69. The lowest BCUT2D eigenvalue weighted by atomic mass is 9.89. The number of carbonyl (C=O) groups is 1. The fourth-order valence-corrected chi connectivity index (χ4v) is 5.21. The van der Waals surface area contributed by atoms with Crippen LogP contribution in [0.4, 0.5) is 0 Å². The molecule has 0 bridgehead atoms. The van der Waals surface area contributed by atoms with Crippen molar-refractivity contribution >= 4 is 22.5 Å². The summed E-state index contributed by atoms with van der Waals surface area (Å²) in [4.78, 5) is 17.8. The van der Waals surface area contributed by atoms with Gasteiger partial charge in [-0.3, -0.25) is 9.78 Å². The van der Waals surface area contributed by atoms with E-state index in [0.29, 0.717) is 23.7 Å². The van der Waals surface area contributed by atoms with Crippen LogP contribution in [0.2, 0.25) is 0 Å². The summed E-state index contributed by atoms with van der Waals surface area (Å²) in [5.41, 5.74) is 7.74. The van der Waals surface area contributed by atoms with Crippen LogP contribution in [0.25, 0.3) is 22.0 Å². The number of benzene rings is 3. The fourth-order valence-electron chi connectivity index (χ4n) is 5.21. The average molecular weight is 510 g/mol. The van der Waals surface area contributed by atoms with Gasteiger partial charge in [0.1, 0.15) is 0 Å². The highest BCUT2D eigenvalue weighted by molar-refractivity contribution is 6.14. The molecule has 0 saturated carbocycles. The Hall–Kier alpha value is -4.39. The van der Waals surface area contributed by atoms with Crippen LogP contribution in [-0.2, 0) is 4.79 Å². The van der Waals surface area contributed by atoms with Crippen LogP contribution in [0, 0.1) is 13.8 Å². The Morgan fingerprint density at radius 2 is 1.55 bits per heavy atom. The largest absolute Gasteiger partial charge is 0.493 e. The first kappa shape index (κ1) is 25.3. The molecule has 4 aromatic rings. The number of methoxy groups -OCH3 is 3. The number of ether oxygens (including phenoxy) is 3. The van der Waals surface area contributed by atoms with E-state index in [1.807, 2.05) is 37.3 Å². The van der Waals surface area contributed by atoms with Gasteiger partial charge in [0.15, 0.2) is 11.5 Å². The molecule has 0 radical (unpaired) electrons. The molecule has 5 rings (SSSR count). The Morgan fingerprint density at radius 1 is 0.895 bits per heavy atom. The molecule has 1 aliphatic heterocycles. The van der Waals surface area contributed by atoms with Gasteiger partial charge < -0.3 is 14.2 Å². The number of pyridine rings is 1. The summed E-state index contributed by atoms with van der Waals surface area (Å²) in [5, 5.41) is 7.48. The summed E-state index contributed by atoms with van der Waals surface area (Å²) in [5.74, 6) is 1.41. The topological polar surface area (TPSA) is 73.3 Å². The first-order chi connectivity index (χ1) is 18.4. The minimum atomic E-state index is -0.340. The number of rotatable bonds is 6. The van der Waals surface area contributed by atoms with Crippen molar-refractivity contribution in [2.75, 3.05) is 21.3 Å². The van der Waals surface area contributed by atoms with E-state index in [2.05, 4.69) is 37.3 Å². The Morgan fingerprint density at radius 3 is 2.16 bits per heavy atom. The minimum Gasteiger partial charge on any atom is -0.493 e. The number of nitrogens with zero attached hydrogens (tertiary/aromatic N) is 3. The maximum Gasteiger partial charge on any atom is 0.240 e. The van der Waals surface area contributed by atoms with Crippen molar-refractivity contribution in [3.63, 3.8) is 0 Å². The first-order valence-electron chi connectivity index (χ1n) is 12.5. The third kappa shape index (κ3) is 4.34. The zero-order valence-corrected chi connectivity index (χ0v) is 22.5. The SMILES string of the molecule is COc1cc(C2CC(c3c(C)nc4ccccc4c3-c3ccc(C)cc3)=NN2C(C)=O)cc(OC)c1OC. The lowest BCUT2D eigenvalue weighted by Gasteiger charge is -2.22. The van der Waals surface area contributed by atoms with Crippen molar-refractivity contribution in [2.45, 2.75) is 33.2 Å². The lowest BCUT2D eigenvalue weighted by molar-refractivity contribution is -0.130. The molecule has 1 aliphatic rings. The van der Waals surface area contributed by atoms with Crippen LogP contribution in [0.5, 0.6) is 17.2 Å². The van der Waals surface area contributed by atoms with E-state index in [1.165, 1.54) is 12.5 Å². The summed E-state index contributed by atoms with van der Waals surface area (Å²) < 4.78 is 16.7. The highest BCUT2D eigenvalue weighted by Gasteiger charge is 2.35. The normalized spacial score (nSPS) is 14.9. The van der Waals surface area contributed by atoms with Gasteiger partial charge in [-0.15, -0.1) is 0 Å². The summed E-state index contributed by atoms with van der Waals surface area (Å²) in [7, 11) is 4.73. The quantitative estimate of drug-likeness (QED) is 0.308. The second-order valence-electron chi connectivity index (χ2n) is 9.42. The number of para-hydroxylation sites is 1. The Bertz CT molecular complexity index is 1530. The fraction of sp³-hybridized carbons (Fsp3) is 0.258. The van der Waals surface area contributed by atoms with Gasteiger partial charge in [-0.2, -0.15) is 5.10 Å². The van der Waals surface area contributed by atoms with E-state index in [0.717, 1.165) is 44.6 Å². The van der Waals surface area contributed by atoms with Crippen LogP contribution >= 0.6 is 0 Å². The standard InChI is InChI=1S/C31H31N3O4/c1-18-11-13-21(14-12-18)30-23-9-7-8-10-24(23)32-19(2)29(30)25-17-26(34(33-25)20(3)35)22-15-27(36-4)31(38-6)28(16-22)37-5/h7-16,26H,17H2,1-6H3. The van der Waals surface area contributed by atoms with Gasteiger partial charge in [-0.1, -0.05) is 48.0 Å². The summed E-state index contributed by atoms with van der Waals surface area (Å²) in [6, 6.07) is 20.1. The van der Waals surface area contributed by atoms with E-state index >= 15 is 0 Å². The van der Waals surface area contributed by atoms with Gasteiger partial charge in [0, 0.05) is 35.6 Å². The number of carbonyl (C=O) groups excluding carboxylic acids is 1. The van der Waals surface area contributed by atoms with E-state index in [4.69, 9.17) is 24.3 Å². The van der Waals surface area contributed by atoms with E-state index in [9.17, 15) is 4.79 Å². The van der Waals surface area contributed by atoms with Crippen LogP contribution in [0.1, 0.15) is 41.8 Å². The molecule has 0 aliphatic carbocycles. The number of hydrogen-bond acceptors (Lipinski definition) is 6. The first-order valence-corrected chi connectivity index (χ1v) is 12.5. The highest BCUT2D eigenvalue weighted by atomic mass is 16.5. The molecule has 0 saturated heterocycles. The van der Waals surface area contributed by atoms with Crippen LogP contribution in [-0.4, -0.2) is 42.9 Å². The van der Waals surface area contributed by atoms with Gasteiger partial charge >= 0.3 is 0 Å². The second kappa shape index (κ2) is 10.2. The highest BCUT2D eigenvalue weighted by Crippen LogP contribution is 2.44. The number of amides is 1. The molecule has 2 heterocycles. The molecule has 38 heavy (non-hydrogen) atoms. The van der Waals surface area contributed by atoms with Gasteiger partial charge in [0.2, 0.25) is 11.7 Å². The van der Waals surface area contributed by atoms with E-state index in [-0.39, 0.29) is 11.9 Å². The molecule has 1 unspecified atom stereocenters. The molecule has 1 amide bonds. The van der Waals surface area contributed by atoms with E-state index in [1.54, 1.807) is 26.3 Å². The lowest BCUT2D eigenvalue weighted by Crippen LogP contribution is -2.24. The monoisotopic (exact) mass is 509 g/mol. The number of fused-ring (bicyclic) bond motifs is 1. The molecule has 3 aromatic carbocycles. The molecule has 0 spiro atoms. The molecule has 0 N–H and O–H groups in total. The molecule has 194 valence electrons. The number of hydrazone groups is 1. The maximum atomic E-state index is 12.8. The van der Waals surface area contributed by atoms with Gasteiger partial charge in [-0.05, 0) is 43.2 Å². The van der Waals surface area contributed by atoms with Gasteiger partial charge in [-0.25, -0.2) is 5.01 Å². The third-order valence-electron chi connectivity index (χ3n) is 7.01. The van der Waals surface area contributed by atoms with Crippen LogP contribution in [0.15, 0.2) is 65.8 Å². The van der Waals surface area contributed by atoms with Crippen LogP contribution < -0.4 is 14.2 Å². The number of hydrogen-bond donors (Lipinski definition) is 0. The van der Waals surface area contributed by atoms with Gasteiger partial charge in [0.05, 0.1) is 38.6 Å². The second-order valence-corrected chi connectivity index (χ2v) is 9.42. The molecular formula is C31H31N3O4. The van der Waals surface area contributed by atoms with Crippen molar-refractivity contribution in [1.29, 1.82) is 0 Å². The summed E-state index contributed by atoms with van der Waals surface area (Å²) in [6.45, 7) is 5.62. The van der Waals surface area contributed by atoms with E-state index < -0.39 is 0 Å². The zero-order valence-electron chi connectivity index (χ0n) is 22.5. The Labute approximate surface area is 222 Å². The van der Waals surface area contributed by atoms with Crippen molar-refractivity contribution in [3.8, 4) is 28.4 Å².